The van der Waals surface area contributed by atoms with Crippen LogP contribution in [-0.4, -0.2) is 70.4 Å². The maximum absolute atomic E-state index is 15.7. The Morgan fingerprint density at radius 1 is 1.19 bits per heavy atom. The molecule has 1 fully saturated rings. The first-order valence-electron chi connectivity index (χ1n) is 12.6. The second-order valence-corrected chi connectivity index (χ2v) is 10.7. The van der Waals surface area contributed by atoms with E-state index >= 15 is 8.78 Å². The molecule has 2 aliphatic rings. The minimum Gasteiger partial charge on any atom is -0.492 e. The number of hydrogen-bond acceptors (Lipinski definition) is 4. The lowest BCUT2D eigenvalue weighted by molar-refractivity contribution is -0.152. The highest BCUT2D eigenvalue weighted by atomic mass is 19.1. The summed E-state index contributed by atoms with van der Waals surface area (Å²) in [6, 6.07) is 8.34. The first-order valence-corrected chi connectivity index (χ1v) is 12.6. The third-order valence-corrected chi connectivity index (χ3v) is 7.38. The maximum Gasteiger partial charge on any atom is 0.255 e. The van der Waals surface area contributed by atoms with Crippen LogP contribution in [0.15, 0.2) is 36.4 Å². The van der Waals surface area contributed by atoms with Crippen molar-refractivity contribution in [3.8, 4) is 5.75 Å². The molecule has 0 saturated carbocycles. The summed E-state index contributed by atoms with van der Waals surface area (Å²) in [5.74, 6) is -2.20. The average Bonchev–Trinajstić information content (AvgIpc) is 3.17. The number of halogens is 3. The number of aliphatic hydroxyl groups is 1. The quantitative estimate of drug-likeness (QED) is 0.491. The third kappa shape index (κ3) is 4.70. The smallest absolute Gasteiger partial charge is 0.255 e. The molecule has 0 spiro atoms. The fourth-order valence-electron chi connectivity index (χ4n) is 5.53. The first kappa shape index (κ1) is 25.6. The van der Waals surface area contributed by atoms with Crippen LogP contribution in [0.2, 0.25) is 0 Å². The van der Waals surface area contributed by atoms with E-state index in [1.165, 1.54) is 18.7 Å². The lowest BCUT2D eigenvalue weighted by Crippen LogP contribution is -2.53. The molecule has 2 atom stereocenters. The minimum atomic E-state index is -1.73. The number of carbonyl (C=O) groups is 1. The van der Waals surface area contributed by atoms with Crippen molar-refractivity contribution in [3.63, 3.8) is 0 Å². The number of H-pyrrole nitrogens is 1. The van der Waals surface area contributed by atoms with Gasteiger partial charge < -0.3 is 19.7 Å². The Hall–Kier alpha value is -3.04. The summed E-state index contributed by atoms with van der Waals surface area (Å²) in [5, 5.41) is 11.5. The van der Waals surface area contributed by atoms with Crippen molar-refractivity contribution in [2.45, 2.75) is 44.9 Å². The summed E-state index contributed by atoms with van der Waals surface area (Å²) < 4.78 is 49.6. The topological polar surface area (TPSA) is 68.8 Å². The van der Waals surface area contributed by atoms with E-state index in [1.807, 2.05) is 36.1 Å². The van der Waals surface area contributed by atoms with Gasteiger partial charge in [-0.1, -0.05) is 18.2 Å². The molecule has 37 heavy (non-hydrogen) atoms. The predicted molar refractivity (Wildman–Crippen MR) is 134 cm³/mol. The van der Waals surface area contributed by atoms with Gasteiger partial charge in [-0.25, -0.2) is 8.78 Å². The molecule has 0 aliphatic carbocycles. The van der Waals surface area contributed by atoms with E-state index in [-0.39, 0.29) is 30.5 Å². The Bertz CT molecular complexity index is 1290. The van der Waals surface area contributed by atoms with E-state index in [1.54, 1.807) is 0 Å². The zero-order chi connectivity index (χ0) is 26.5. The number of para-hydroxylation sites is 1. The Labute approximate surface area is 214 Å². The highest BCUT2D eigenvalue weighted by Crippen LogP contribution is 2.43. The highest BCUT2D eigenvalue weighted by molar-refractivity contribution is 5.89. The number of nitrogens with one attached hydrogen (secondary N) is 1. The molecule has 0 bridgehead atoms. The molecule has 9 heteroatoms. The molecule has 1 amide bonds. The number of benzene rings is 2. The van der Waals surface area contributed by atoms with Crippen molar-refractivity contribution in [1.29, 1.82) is 0 Å². The van der Waals surface area contributed by atoms with Crippen LogP contribution >= 0.6 is 0 Å². The summed E-state index contributed by atoms with van der Waals surface area (Å²) in [6.07, 6.45) is 0.474. The van der Waals surface area contributed by atoms with Gasteiger partial charge in [-0.3, -0.25) is 14.1 Å². The van der Waals surface area contributed by atoms with Gasteiger partial charge in [0.15, 0.2) is 0 Å². The summed E-state index contributed by atoms with van der Waals surface area (Å²) in [7, 11) is 0. The van der Waals surface area contributed by atoms with E-state index in [0.717, 1.165) is 28.6 Å². The summed E-state index contributed by atoms with van der Waals surface area (Å²) in [5.41, 5.74) is 0.225. The molecule has 1 aromatic heterocycles. The second kappa shape index (κ2) is 9.68. The van der Waals surface area contributed by atoms with Gasteiger partial charge in [-0.05, 0) is 38.8 Å². The van der Waals surface area contributed by atoms with E-state index < -0.39 is 35.2 Å². The van der Waals surface area contributed by atoms with E-state index in [0.29, 0.717) is 31.7 Å². The number of fused-ring (bicyclic) bond motifs is 3. The number of alkyl halides is 1. The van der Waals surface area contributed by atoms with Crippen molar-refractivity contribution < 1.29 is 27.8 Å². The molecule has 198 valence electrons. The molecule has 5 rings (SSSR count). The van der Waals surface area contributed by atoms with Crippen LogP contribution in [0.3, 0.4) is 0 Å². The predicted octanol–water partition coefficient (Wildman–Crippen LogP) is 4.36. The lowest BCUT2D eigenvalue weighted by Gasteiger charge is -2.43. The van der Waals surface area contributed by atoms with E-state index in [4.69, 9.17) is 4.74 Å². The number of carbonyl (C=O) groups excluding carboxylic acids is 1. The highest BCUT2D eigenvalue weighted by Gasteiger charge is 2.44. The third-order valence-electron chi connectivity index (χ3n) is 7.38. The van der Waals surface area contributed by atoms with Gasteiger partial charge in [-0.2, -0.15) is 0 Å². The largest absolute Gasteiger partial charge is 0.492 e. The molecule has 1 saturated heterocycles. The number of ether oxygens (including phenoxy) is 1. The number of rotatable bonds is 7. The van der Waals surface area contributed by atoms with Crippen molar-refractivity contribution >= 4 is 16.8 Å². The number of nitrogens with zero attached hydrogens (tertiary/aromatic N) is 2. The number of amides is 1. The SMILES string of the molecule is CC1Cc2c([nH]c3ccccc23)[C@@H](c2c(F)cc(OCCN3CC(CF)C3)cc2F)N1C(=O)C(C)(C)O. The Morgan fingerprint density at radius 2 is 1.86 bits per heavy atom. The van der Waals surface area contributed by atoms with Crippen molar-refractivity contribution in [3.05, 3.63) is 64.9 Å². The fourth-order valence-corrected chi connectivity index (χ4v) is 5.53. The zero-order valence-electron chi connectivity index (χ0n) is 21.2. The molecule has 2 aromatic carbocycles. The molecule has 2 N–H and O–H groups in total. The van der Waals surface area contributed by atoms with Crippen LogP contribution < -0.4 is 4.74 Å². The number of aromatic amines is 1. The number of aromatic nitrogens is 1. The van der Waals surface area contributed by atoms with Gasteiger partial charge in [0.05, 0.1) is 12.2 Å². The van der Waals surface area contributed by atoms with Crippen LogP contribution in [-0.2, 0) is 11.2 Å². The van der Waals surface area contributed by atoms with Crippen LogP contribution in [0.1, 0.15) is 43.6 Å². The average molecular weight is 516 g/mol. The molecule has 6 nitrogen and oxygen atoms in total. The van der Waals surface area contributed by atoms with Gasteiger partial charge in [0, 0.05) is 60.3 Å². The summed E-state index contributed by atoms with van der Waals surface area (Å²) >= 11 is 0. The van der Waals surface area contributed by atoms with E-state index in [9.17, 15) is 14.3 Å². The normalized spacial score (nSPS) is 20.7. The van der Waals surface area contributed by atoms with Crippen LogP contribution in [0.4, 0.5) is 13.2 Å². The summed E-state index contributed by atoms with van der Waals surface area (Å²) in [6.45, 7) is 6.27. The van der Waals surface area contributed by atoms with Gasteiger partial charge in [0.1, 0.15) is 35.6 Å². The van der Waals surface area contributed by atoms with Gasteiger partial charge in [0.2, 0.25) is 0 Å². The first-order chi connectivity index (χ1) is 17.6. The second-order valence-electron chi connectivity index (χ2n) is 10.7. The molecular weight excluding hydrogens is 483 g/mol. The van der Waals surface area contributed by atoms with E-state index in [2.05, 4.69) is 4.98 Å². The summed E-state index contributed by atoms with van der Waals surface area (Å²) in [4.78, 5) is 20.1. The van der Waals surface area contributed by atoms with Gasteiger partial charge in [0.25, 0.3) is 5.91 Å². The molecule has 3 aromatic rings. The Morgan fingerprint density at radius 3 is 2.51 bits per heavy atom. The van der Waals surface area contributed by atoms with Crippen LogP contribution in [0.5, 0.6) is 5.75 Å². The molecule has 2 aliphatic heterocycles. The van der Waals surface area contributed by atoms with Crippen molar-refractivity contribution in [1.82, 2.24) is 14.8 Å². The van der Waals surface area contributed by atoms with Crippen molar-refractivity contribution in [2.24, 2.45) is 5.92 Å². The maximum atomic E-state index is 15.7. The molecule has 0 radical (unpaired) electrons. The standard InChI is InChI=1S/C28H32F3N3O3/c1-16-10-20-19-6-4-5-7-23(19)32-25(20)26(34(16)27(35)28(2,3)36)24-21(30)11-18(12-22(24)31)37-9-8-33-14-17(13-29)15-33/h4-7,11-12,16-17,26,32,36H,8-10,13-15H2,1-3H3/t16?,26-/m1/s1. The van der Waals surface area contributed by atoms with Crippen LogP contribution in [0.25, 0.3) is 10.9 Å². The lowest BCUT2D eigenvalue weighted by atomic mass is 9.86. The number of likely N-dealkylation sites (tertiary alicyclic amines) is 1. The Balaban J connectivity index is 1.50. The van der Waals surface area contributed by atoms with Gasteiger partial charge in [-0.15, -0.1) is 0 Å². The van der Waals surface area contributed by atoms with Crippen LogP contribution in [0, 0.1) is 17.6 Å². The monoisotopic (exact) mass is 515 g/mol. The van der Waals surface area contributed by atoms with Gasteiger partial charge >= 0.3 is 0 Å². The zero-order valence-corrected chi connectivity index (χ0v) is 21.2. The van der Waals surface area contributed by atoms with Crippen molar-refractivity contribution in [2.75, 3.05) is 32.9 Å². The Kier molecular flexibility index (Phi) is 6.70. The fraction of sp³-hybridized carbons (Fsp3) is 0.464. The number of hydrogen-bond donors (Lipinski definition) is 2. The minimum absolute atomic E-state index is 0.0439. The molecule has 3 heterocycles. The molecule has 1 unspecified atom stereocenters. The molecular formula is C28H32F3N3O3.